The molecule has 1 saturated heterocycles. The summed E-state index contributed by atoms with van der Waals surface area (Å²) in [6, 6.07) is -0.872. The first-order chi connectivity index (χ1) is 12.3. The fourth-order valence-electron chi connectivity index (χ4n) is 3.05. The number of carbonyl (C=O) groups excluding carboxylic acids is 1. The van der Waals surface area contributed by atoms with E-state index >= 15 is 0 Å². The molecule has 0 aromatic carbocycles. The molecule has 0 spiro atoms. The van der Waals surface area contributed by atoms with Crippen molar-refractivity contribution in [2.45, 2.75) is 57.1 Å². The number of hydrogen-bond donors (Lipinski definition) is 2. The summed E-state index contributed by atoms with van der Waals surface area (Å²) in [6.45, 7) is 6.93. The minimum atomic E-state index is -3.88. The first-order valence-corrected chi connectivity index (χ1v) is 10.3. The molecule has 26 heavy (non-hydrogen) atoms. The summed E-state index contributed by atoms with van der Waals surface area (Å²) >= 11 is 0. The van der Waals surface area contributed by atoms with Crippen LogP contribution >= 0.6 is 0 Å². The maximum absolute atomic E-state index is 12.6. The number of amides is 1. The highest BCUT2D eigenvalue weighted by atomic mass is 32.2. The van der Waals surface area contributed by atoms with Crippen molar-refractivity contribution in [3.8, 4) is 0 Å². The van der Waals surface area contributed by atoms with E-state index in [-0.39, 0.29) is 28.4 Å². The van der Waals surface area contributed by atoms with Gasteiger partial charge in [0.05, 0.1) is 12.1 Å². The van der Waals surface area contributed by atoms with E-state index in [9.17, 15) is 13.2 Å². The molecule has 1 atom stereocenters. The summed E-state index contributed by atoms with van der Waals surface area (Å²) in [7, 11) is -3.88. The number of sulfonamides is 1. The molecule has 1 amide bonds. The Hall–Kier alpha value is -1.49. The lowest BCUT2D eigenvalue weighted by Gasteiger charge is -2.33. The zero-order chi connectivity index (χ0) is 19.3. The van der Waals surface area contributed by atoms with Crippen LogP contribution in [0.3, 0.4) is 0 Å². The molecule has 0 saturated carbocycles. The first kappa shape index (κ1) is 20.8. The maximum atomic E-state index is 12.6. The van der Waals surface area contributed by atoms with Crippen molar-refractivity contribution in [2.24, 2.45) is 5.73 Å². The summed E-state index contributed by atoms with van der Waals surface area (Å²) < 4.78 is 38.1. The summed E-state index contributed by atoms with van der Waals surface area (Å²) in [5.41, 5.74) is 5.71. The number of rotatable bonds is 8. The topological polar surface area (TPSA) is 128 Å². The third-order valence-electron chi connectivity index (χ3n) is 4.39. The second-order valence-electron chi connectivity index (χ2n) is 6.53. The fraction of sp³-hybridized carbons (Fsp3) is 0.750. The van der Waals surface area contributed by atoms with Gasteiger partial charge in [0.2, 0.25) is 15.9 Å². The monoisotopic (exact) mass is 388 g/mol. The largest absolute Gasteiger partial charge is 0.378 e. The van der Waals surface area contributed by atoms with Crippen molar-refractivity contribution in [1.29, 1.82) is 0 Å². The number of likely N-dealkylation sites (tertiary alicyclic amines) is 1. The Kier molecular flexibility index (Phi) is 7.16. The molecule has 9 nitrogen and oxygen atoms in total. The van der Waals surface area contributed by atoms with Crippen LogP contribution in [-0.2, 0) is 19.6 Å². The lowest BCUT2D eigenvalue weighted by Crippen LogP contribution is -2.50. The van der Waals surface area contributed by atoms with Crippen molar-refractivity contribution in [2.75, 3.05) is 26.2 Å². The van der Waals surface area contributed by atoms with Crippen LogP contribution in [0, 0.1) is 13.8 Å². The lowest BCUT2D eigenvalue weighted by molar-refractivity contribution is -0.135. The van der Waals surface area contributed by atoms with Gasteiger partial charge in [-0.15, -0.1) is 0 Å². The van der Waals surface area contributed by atoms with Gasteiger partial charge in [0.25, 0.3) is 0 Å². The molecule has 148 valence electrons. The molecule has 1 aliphatic heterocycles. The molecule has 1 aromatic heterocycles. The highest BCUT2D eigenvalue weighted by Gasteiger charge is 2.31. The number of hydrogen-bond acceptors (Lipinski definition) is 7. The molecule has 1 aliphatic rings. The molecular formula is C16H28N4O5S. The Morgan fingerprint density at radius 3 is 2.62 bits per heavy atom. The third-order valence-corrected chi connectivity index (χ3v) is 6.18. The number of nitrogens with one attached hydrogen (secondary N) is 1. The normalized spacial score (nSPS) is 17.5. The SMILES string of the molecule is Cc1noc(C)c1S(=O)(=O)NC(C)C(=O)N1CCC(OCCCN)CC1. The van der Waals surface area contributed by atoms with Crippen LogP contribution < -0.4 is 10.5 Å². The van der Waals surface area contributed by atoms with E-state index in [1.54, 1.807) is 18.7 Å². The number of nitrogens with two attached hydrogens (primary N) is 1. The molecule has 1 aromatic rings. The number of ether oxygens (including phenoxy) is 1. The van der Waals surface area contributed by atoms with Gasteiger partial charge in [0.1, 0.15) is 10.6 Å². The fourth-order valence-corrected chi connectivity index (χ4v) is 4.58. The van der Waals surface area contributed by atoms with Crippen LogP contribution in [0.15, 0.2) is 9.42 Å². The van der Waals surface area contributed by atoms with Crippen LogP contribution in [0.1, 0.15) is 37.6 Å². The minimum Gasteiger partial charge on any atom is -0.378 e. The molecule has 0 radical (unpaired) electrons. The van der Waals surface area contributed by atoms with Crippen LogP contribution in [-0.4, -0.2) is 62.8 Å². The molecule has 3 N–H and O–H groups in total. The van der Waals surface area contributed by atoms with E-state index in [0.717, 1.165) is 19.3 Å². The van der Waals surface area contributed by atoms with Gasteiger partial charge in [-0.3, -0.25) is 4.79 Å². The van der Waals surface area contributed by atoms with Crippen molar-refractivity contribution < 1.29 is 22.5 Å². The molecule has 0 aliphatic carbocycles. The molecule has 2 rings (SSSR count). The average Bonchev–Trinajstić information content (AvgIpc) is 2.94. The van der Waals surface area contributed by atoms with E-state index in [2.05, 4.69) is 9.88 Å². The third kappa shape index (κ3) is 5.03. The number of nitrogens with zero attached hydrogens (tertiary/aromatic N) is 2. The summed E-state index contributed by atoms with van der Waals surface area (Å²) in [4.78, 5) is 14.2. The average molecular weight is 388 g/mol. The highest BCUT2D eigenvalue weighted by molar-refractivity contribution is 7.89. The summed E-state index contributed by atoms with van der Waals surface area (Å²) in [5, 5.41) is 3.65. The van der Waals surface area contributed by atoms with Crippen LogP contribution in [0.5, 0.6) is 0 Å². The second-order valence-corrected chi connectivity index (χ2v) is 8.18. The smallest absolute Gasteiger partial charge is 0.246 e. The Balaban J connectivity index is 1.90. The predicted molar refractivity (Wildman–Crippen MR) is 95.0 cm³/mol. The lowest BCUT2D eigenvalue weighted by atomic mass is 10.1. The number of carbonyl (C=O) groups is 1. The van der Waals surface area contributed by atoms with Crippen molar-refractivity contribution in [3.05, 3.63) is 11.5 Å². The van der Waals surface area contributed by atoms with E-state index < -0.39 is 16.1 Å². The van der Waals surface area contributed by atoms with E-state index in [1.807, 2.05) is 0 Å². The van der Waals surface area contributed by atoms with E-state index in [0.29, 0.717) is 26.2 Å². The summed E-state index contributed by atoms with van der Waals surface area (Å²) in [5.74, 6) is -0.0502. The van der Waals surface area contributed by atoms with Crippen molar-refractivity contribution in [3.63, 3.8) is 0 Å². The van der Waals surface area contributed by atoms with Crippen molar-refractivity contribution in [1.82, 2.24) is 14.8 Å². The van der Waals surface area contributed by atoms with E-state index in [1.165, 1.54) is 6.92 Å². The zero-order valence-corrected chi connectivity index (χ0v) is 16.3. The molecule has 0 bridgehead atoms. The standard InChI is InChI=1S/C16H28N4O5S/c1-11-15(13(3)25-18-11)26(22,23)19-12(2)16(21)20-8-5-14(6-9-20)24-10-4-7-17/h12,14,19H,4-10,17H2,1-3H3. The van der Waals surface area contributed by atoms with Gasteiger partial charge in [-0.1, -0.05) is 5.16 Å². The van der Waals surface area contributed by atoms with Crippen molar-refractivity contribution >= 4 is 15.9 Å². The Morgan fingerprint density at radius 1 is 1.42 bits per heavy atom. The van der Waals surface area contributed by atoms with E-state index in [4.69, 9.17) is 15.0 Å². The van der Waals surface area contributed by atoms with Gasteiger partial charge < -0.3 is 19.9 Å². The quantitative estimate of drug-likeness (QED) is 0.614. The maximum Gasteiger partial charge on any atom is 0.246 e. The minimum absolute atomic E-state index is 0.0100. The van der Waals surface area contributed by atoms with Gasteiger partial charge in [-0.2, -0.15) is 4.72 Å². The molecule has 1 unspecified atom stereocenters. The van der Waals surface area contributed by atoms with Gasteiger partial charge in [-0.05, 0) is 46.6 Å². The van der Waals surface area contributed by atoms with Crippen LogP contribution in [0.25, 0.3) is 0 Å². The zero-order valence-electron chi connectivity index (χ0n) is 15.5. The molecular weight excluding hydrogens is 360 g/mol. The Bertz CT molecular complexity index is 691. The molecule has 10 heteroatoms. The van der Waals surface area contributed by atoms with Gasteiger partial charge in [0.15, 0.2) is 5.76 Å². The molecule has 2 heterocycles. The molecule has 1 fully saturated rings. The summed E-state index contributed by atoms with van der Waals surface area (Å²) in [6.07, 6.45) is 2.42. The van der Waals surface area contributed by atoms with Crippen LogP contribution in [0.2, 0.25) is 0 Å². The second kappa shape index (κ2) is 8.94. The first-order valence-electron chi connectivity index (χ1n) is 8.82. The number of aromatic nitrogens is 1. The van der Waals surface area contributed by atoms with Gasteiger partial charge in [-0.25, -0.2) is 8.42 Å². The van der Waals surface area contributed by atoms with Gasteiger partial charge in [0, 0.05) is 19.7 Å². The van der Waals surface area contributed by atoms with Crippen LogP contribution in [0.4, 0.5) is 0 Å². The van der Waals surface area contributed by atoms with Gasteiger partial charge >= 0.3 is 0 Å². The Labute approximate surface area is 154 Å². The predicted octanol–water partition coefficient (Wildman–Crippen LogP) is 0.315. The number of piperidine rings is 1. The highest BCUT2D eigenvalue weighted by Crippen LogP contribution is 2.20. The number of aryl methyl sites for hydroxylation is 2. The Morgan fingerprint density at radius 2 is 2.08 bits per heavy atom.